The lowest BCUT2D eigenvalue weighted by Crippen LogP contribution is -2.06. The molecule has 0 fully saturated rings. The highest BCUT2D eigenvalue weighted by Gasteiger charge is 2.20. The van der Waals surface area contributed by atoms with E-state index in [1.165, 1.54) is 18.2 Å². The highest BCUT2D eigenvalue weighted by Crippen LogP contribution is 2.34. The first-order valence-corrected chi connectivity index (χ1v) is 9.75. The van der Waals surface area contributed by atoms with E-state index in [1.54, 1.807) is 6.07 Å². The van der Waals surface area contributed by atoms with E-state index in [0.717, 1.165) is 4.90 Å². The molecule has 0 spiro atoms. The zero-order valence-corrected chi connectivity index (χ0v) is 15.2. The van der Waals surface area contributed by atoms with Crippen LogP contribution in [0.15, 0.2) is 64.3 Å². The number of hydrogen-bond acceptors (Lipinski definition) is 5. The summed E-state index contributed by atoms with van der Waals surface area (Å²) >= 11 is 0. The topological polar surface area (TPSA) is 102 Å². The maximum Gasteiger partial charge on any atom is 0.320 e. The zero-order valence-electron chi connectivity index (χ0n) is 14.4. The van der Waals surface area contributed by atoms with Gasteiger partial charge in [0.2, 0.25) is 5.56 Å². The molecular formula is C19H18N2O5S. The molecular weight excluding hydrogens is 368 g/mol. The Morgan fingerprint density at radius 2 is 1.81 bits per heavy atom. The molecule has 3 aromatic rings. The average Bonchev–Trinajstić information content (AvgIpc) is 2.67. The normalized spacial score (nSPS) is 12.0. The number of rotatable bonds is 8. The van der Waals surface area contributed by atoms with E-state index in [2.05, 4.69) is 4.98 Å². The zero-order chi connectivity index (χ0) is 19.2. The molecule has 1 atom stereocenters. The number of nitrogens with one attached hydrogen (secondary N) is 1. The second kappa shape index (κ2) is 8.59. The van der Waals surface area contributed by atoms with E-state index in [0.29, 0.717) is 29.5 Å². The summed E-state index contributed by atoms with van der Waals surface area (Å²) < 4.78 is 17.7. The van der Waals surface area contributed by atoms with Gasteiger partial charge in [0.05, 0.1) is 33.2 Å². The Balaban J connectivity index is 1.61. The molecule has 1 unspecified atom stereocenters. The maximum atomic E-state index is 12.1. The van der Waals surface area contributed by atoms with Crippen LogP contribution in [0.3, 0.4) is 0 Å². The molecule has 0 saturated carbocycles. The number of aromatic amines is 1. The summed E-state index contributed by atoms with van der Waals surface area (Å²) in [6.45, 7) is 0.279. The third-order valence-electron chi connectivity index (χ3n) is 4.01. The molecule has 0 saturated heterocycles. The van der Waals surface area contributed by atoms with Crippen LogP contribution in [0.5, 0.6) is 5.75 Å². The van der Waals surface area contributed by atoms with Crippen molar-refractivity contribution in [2.24, 2.45) is 0 Å². The number of aromatic nitrogens is 1. The monoisotopic (exact) mass is 386 g/mol. The molecule has 27 heavy (non-hydrogen) atoms. The van der Waals surface area contributed by atoms with Gasteiger partial charge in [0.1, 0.15) is 0 Å². The number of benzene rings is 2. The van der Waals surface area contributed by atoms with Crippen LogP contribution in [0, 0.1) is 10.1 Å². The number of nitro groups is 1. The Morgan fingerprint density at radius 3 is 2.56 bits per heavy atom. The van der Waals surface area contributed by atoms with Crippen LogP contribution in [0.1, 0.15) is 12.8 Å². The number of unbranched alkanes of at least 4 members (excludes halogenated alkanes) is 1. The van der Waals surface area contributed by atoms with Gasteiger partial charge in [-0.05, 0) is 43.2 Å². The van der Waals surface area contributed by atoms with Gasteiger partial charge in [-0.3, -0.25) is 19.1 Å². The van der Waals surface area contributed by atoms with Crippen LogP contribution in [0.4, 0.5) is 5.69 Å². The van der Waals surface area contributed by atoms with Gasteiger partial charge in [-0.1, -0.05) is 18.2 Å². The first-order valence-electron chi connectivity index (χ1n) is 8.43. The van der Waals surface area contributed by atoms with Crippen molar-refractivity contribution in [3.05, 3.63) is 75.1 Å². The number of pyridine rings is 1. The van der Waals surface area contributed by atoms with E-state index in [-0.39, 0.29) is 23.6 Å². The summed E-state index contributed by atoms with van der Waals surface area (Å²) in [5.74, 6) is 0.665. The van der Waals surface area contributed by atoms with Crippen LogP contribution in [0.2, 0.25) is 0 Å². The first kappa shape index (κ1) is 18.8. The summed E-state index contributed by atoms with van der Waals surface area (Å²) in [6.07, 6.45) is 1.30. The molecule has 2 aromatic carbocycles. The van der Waals surface area contributed by atoms with Gasteiger partial charge >= 0.3 is 5.69 Å². The predicted octanol–water partition coefficient (Wildman–Crippen LogP) is 3.40. The minimum absolute atomic E-state index is 0.156. The molecule has 0 radical (unpaired) electrons. The van der Waals surface area contributed by atoms with Crippen LogP contribution < -0.4 is 10.3 Å². The molecule has 0 amide bonds. The molecule has 140 valence electrons. The van der Waals surface area contributed by atoms with Crippen molar-refractivity contribution in [3.63, 3.8) is 0 Å². The average molecular weight is 386 g/mol. The lowest BCUT2D eigenvalue weighted by Gasteiger charge is -2.08. The second-order valence-electron chi connectivity index (χ2n) is 5.87. The quantitative estimate of drug-likeness (QED) is 0.363. The minimum atomic E-state index is -1.06. The third-order valence-corrected chi connectivity index (χ3v) is 5.47. The molecule has 1 aromatic heterocycles. The fourth-order valence-electron chi connectivity index (χ4n) is 2.71. The van der Waals surface area contributed by atoms with Gasteiger partial charge in [0, 0.05) is 16.7 Å². The van der Waals surface area contributed by atoms with Crippen molar-refractivity contribution < 1.29 is 13.9 Å². The summed E-state index contributed by atoms with van der Waals surface area (Å²) in [5, 5.41) is 11.8. The number of nitro benzene ring substituents is 1. The van der Waals surface area contributed by atoms with Gasteiger partial charge < -0.3 is 9.72 Å². The van der Waals surface area contributed by atoms with E-state index < -0.39 is 15.7 Å². The van der Waals surface area contributed by atoms with E-state index in [9.17, 15) is 19.1 Å². The van der Waals surface area contributed by atoms with Crippen LogP contribution in [-0.2, 0) is 10.8 Å². The Morgan fingerprint density at radius 1 is 1.04 bits per heavy atom. The van der Waals surface area contributed by atoms with Crippen molar-refractivity contribution in [1.82, 2.24) is 4.98 Å². The lowest BCUT2D eigenvalue weighted by molar-refractivity contribution is -0.384. The SMILES string of the molecule is O=c1ccc2c([N+](=O)[O-])c(OCCCCS(=O)c3ccccc3)ccc2[nH]1. The van der Waals surface area contributed by atoms with Crippen molar-refractivity contribution in [2.45, 2.75) is 17.7 Å². The number of fused-ring (bicyclic) bond motifs is 1. The minimum Gasteiger partial charge on any atom is -0.487 e. The van der Waals surface area contributed by atoms with Crippen molar-refractivity contribution >= 4 is 27.4 Å². The van der Waals surface area contributed by atoms with Gasteiger partial charge in [0.15, 0.2) is 5.75 Å². The molecule has 0 aliphatic carbocycles. The molecule has 1 N–H and O–H groups in total. The number of H-pyrrole nitrogens is 1. The third kappa shape index (κ3) is 4.59. The predicted molar refractivity (Wildman–Crippen MR) is 104 cm³/mol. The Labute approximate surface area is 157 Å². The van der Waals surface area contributed by atoms with Gasteiger partial charge in [-0.25, -0.2) is 0 Å². The Hall–Kier alpha value is -3.00. The van der Waals surface area contributed by atoms with Crippen LogP contribution in [0.25, 0.3) is 10.9 Å². The van der Waals surface area contributed by atoms with Crippen molar-refractivity contribution in [1.29, 1.82) is 0 Å². The standard InChI is InChI=1S/C19H18N2O5S/c22-18-11-8-15-16(20-18)9-10-17(19(15)21(23)24)26-12-4-5-13-27(25)14-6-2-1-3-7-14/h1-3,6-11H,4-5,12-13H2,(H,20,22). The Bertz CT molecular complexity index is 1030. The first-order chi connectivity index (χ1) is 13.1. The molecule has 0 bridgehead atoms. The number of hydrogen-bond donors (Lipinski definition) is 1. The van der Waals surface area contributed by atoms with E-state index in [4.69, 9.17) is 4.74 Å². The molecule has 7 nitrogen and oxygen atoms in total. The molecule has 0 aliphatic rings. The smallest absolute Gasteiger partial charge is 0.320 e. The fraction of sp³-hybridized carbons (Fsp3) is 0.211. The van der Waals surface area contributed by atoms with Crippen molar-refractivity contribution in [2.75, 3.05) is 12.4 Å². The highest BCUT2D eigenvalue weighted by atomic mass is 32.2. The summed E-state index contributed by atoms with van der Waals surface area (Å²) in [5.41, 5.74) is -0.103. The molecule has 8 heteroatoms. The van der Waals surface area contributed by atoms with Gasteiger partial charge in [0.25, 0.3) is 0 Å². The van der Waals surface area contributed by atoms with E-state index in [1.807, 2.05) is 30.3 Å². The fourth-order valence-corrected chi connectivity index (χ4v) is 3.87. The second-order valence-corrected chi connectivity index (χ2v) is 7.44. The molecule has 0 aliphatic heterocycles. The summed E-state index contributed by atoms with van der Waals surface area (Å²) in [6, 6.07) is 15.0. The molecule has 3 rings (SSSR count). The highest BCUT2D eigenvalue weighted by molar-refractivity contribution is 7.85. The molecule has 1 heterocycles. The Kier molecular flexibility index (Phi) is 5.97. The summed E-state index contributed by atoms with van der Waals surface area (Å²) in [4.78, 5) is 25.7. The van der Waals surface area contributed by atoms with Crippen molar-refractivity contribution in [3.8, 4) is 5.75 Å². The summed E-state index contributed by atoms with van der Waals surface area (Å²) in [7, 11) is -1.06. The largest absolute Gasteiger partial charge is 0.487 e. The van der Waals surface area contributed by atoms with Crippen LogP contribution >= 0.6 is 0 Å². The van der Waals surface area contributed by atoms with Gasteiger partial charge in [-0.15, -0.1) is 0 Å². The maximum absolute atomic E-state index is 12.1. The van der Waals surface area contributed by atoms with Crippen LogP contribution in [-0.4, -0.2) is 26.5 Å². The lowest BCUT2D eigenvalue weighted by atomic mass is 10.1. The number of ether oxygens (including phenoxy) is 1. The van der Waals surface area contributed by atoms with Gasteiger partial charge in [-0.2, -0.15) is 0 Å². The number of nitrogens with zero attached hydrogens (tertiary/aromatic N) is 1. The van der Waals surface area contributed by atoms with E-state index >= 15 is 0 Å².